The molecule has 7 heteroatoms. The quantitative estimate of drug-likeness (QED) is 0.503. The van der Waals surface area contributed by atoms with Gasteiger partial charge in [-0.25, -0.2) is 4.98 Å². The summed E-state index contributed by atoms with van der Waals surface area (Å²) in [7, 11) is 0. The fourth-order valence-electron chi connectivity index (χ4n) is 5.09. The van der Waals surface area contributed by atoms with Gasteiger partial charge in [0, 0.05) is 39.1 Å². The van der Waals surface area contributed by atoms with Crippen molar-refractivity contribution in [3.05, 3.63) is 47.3 Å². The van der Waals surface area contributed by atoms with Crippen LogP contribution in [0.4, 0.5) is 5.69 Å². The lowest BCUT2D eigenvalue weighted by molar-refractivity contribution is -0.0322. The van der Waals surface area contributed by atoms with Crippen LogP contribution in [-0.4, -0.2) is 43.4 Å². The lowest BCUT2D eigenvalue weighted by Gasteiger charge is -2.55. The number of H-pyrrole nitrogens is 1. The topological polar surface area (TPSA) is 97.7 Å². The molecule has 0 radical (unpaired) electrons. The molecule has 36 heavy (non-hydrogen) atoms. The third kappa shape index (κ3) is 5.24. The molecule has 1 aliphatic carbocycles. The smallest absolute Gasteiger partial charge is 0.291 e. The van der Waals surface area contributed by atoms with Gasteiger partial charge in [-0.2, -0.15) is 5.26 Å². The fraction of sp³-hybridized carbons (Fsp3) is 0.586. The number of imidazole rings is 1. The number of hydrogen-bond donors (Lipinski definition) is 2. The summed E-state index contributed by atoms with van der Waals surface area (Å²) in [4.78, 5) is 25.2. The van der Waals surface area contributed by atoms with Crippen LogP contribution in [0.3, 0.4) is 0 Å². The zero-order chi connectivity index (χ0) is 36.3. The maximum absolute atomic E-state index is 13.1. The molecule has 7 nitrogen and oxygen atoms in total. The van der Waals surface area contributed by atoms with Crippen molar-refractivity contribution in [3.63, 3.8) is 0 Å². The van der Waals surface area contributed by atoms with Gasteiger partial charge in [0.05, 0.1) is 17.6 Å². The molecule has 4 rings (SSSR count). The molecule has 0 aromatic carbocycles. The predicted molar refractivity (Wildman–Crippen MR) is 144 cm³/mol. The van der Waals surface area contributed by atoms with Gasteiger partial charge >= 0.3 is 0 Å². The maximum Gasteiger partial charge on any atom is 0.291 e. The number of allylic oxidation sites excluding steroid dienone is 2. The summed E-state index contributed by atoms with van der Waals surface area (Å²) in [5, 5.41) is 11.9. The van der Waals surface area contributed by atoms with E-state index in [-0.39, 0.29) is 28.3 Å². The number of carbonyl (C=O) groups is 1. The third-order valence-electron chi connectivity index (χ3n) is 7.09. The van der Waals surface area contributed by atoms with Crippen LogP contribution in [0.25, 0.3) is 5.57 Å². The monoisotopic (exact) mass is 500 g/mol. The van der Waals surface area contributed by atoms with Gasteiger partial charge in [0.25, 0.3) is 5.91 Å². The maximum atomic E-state index is 13.1. The molecular weight excluding hydrogens is 448 g/mol. The number of nitrogens with one attached hydrogen (secondary N) is 2. The number of pyridine rings is 1. The second kappa shape index (κ2) is 9.48. The molecule has 2 aliphatic rings. The SMILES string of the molecule is [2H]C([2H])([2H])C1(C([2H])([2H])[2H])CC(c2ccc(NC(=O)c3ncc(C#N)[nH]3)c(C3=CCC(C)(C)CC3)n2)CC(C([2H])([2H])[2H])(C([2H])([2H])[2H])N1CC. The molecule has 1 amide bonds. The Morgan fingerprint density at radius 2 is 2.00 bits per heavy atom. The minimum Gasteiger partial charge on any atom is -0.326 e. The molecule has 3 heterocycles. The highest BCUT2D eigenvalue weighted by Gasteiger charge is 2.45. The zero-order valence-corrected chi connectivity index (χ0v) is 20.8. The minimum absolute atomic E-state index is 0.0165. The standard InChI is InChI=1S/C29H40N6O/c1-8-35-28(4,5)15-20(16-29(35,6)7)22-9-10-23(34-26(36)25-31-18-21(17-30)32-25)24(33-22)19-11-13-27(2,3)14-12-19/h9-11,18,20H,8,12-16H2,1-7H3,(H,31,32)(H,34,36)/i4D3,5D3,6D3,7D3. The lowest BCUT2D eigenvalue weighted by atomic mass is 9.72. The van der Waals surface area contributed by atoms with E-state index in [4.69, 9.17) is 26.7 Å². The normalized spacial score (nSPS) is 27.8. The number of piperidine rings is 1. The van der Waals surface area contributed by atoms with Crippen LogP contribution in [-0.2, 0) is 0 Å². The molecule has 0 atom stereocenters. The highest BCUT2D eigenvalue weighted by molar-refractivity contribution is 6.03. The van der Waals surface area contributed by atoms with E-state index in [9.17, 15) is 4.79 Å². The molecule has 0 bridgehead atoms. The number of rotatable bonds is 5. The number of amides is 1. The van der Waals surface area contributed by atoms with Crippen molar-refractivity contribution in [1.82, 2.24) is 19.9 Å². The van der Waals surface area contributed by atoms with Crippen LogP contribution < -0.4 is 5.32 Å². The third-order valence-corrected chi connectivity index (χ3v) is 7.09. The van der Waals surface area contributed by atoms with Crippen molar-refractivity contribution < 1.29 is 21.2 Å². The zero-order valence-electron chi connectivity index (χ0n) is 32.8. The molecule has 1 aliphatic heterocycles. The number of hydrogen-bond acceptors (Lipinski definition) is 5. The number of likely N-dealkylation sites (tertiary alicyclic amines) is 1. The molecule has 2 aromatic rings. The highest BCUT2D eigenvalue weighted by Crippen LogP contribution is 2.46. The summed E-state index contributed by atoms with van der Waals surface area (Å²) < 4.78 is 102. The van der Waals surface area contributed by atoms with Gasteiger partial charge in [0.15, 0.2) is 5.82 Å². The minimum atomic E-state index is -3.34. The van der Waals surface area contributed by atoms with Crippen LogP contribution in [0.2, 0.25) is 0 Å². The van der Waals surface area contributed by atoms with E-state index in [0.717, 1.165) is 12.0 Å². The van der Waals surface area contributed by atoms with Crippen molar-refractivity contribution in [1.29, 1.82) is 5.26 Å². The Bertz CT molecular complexity index is 1540. The Labute approximate surface area is 232 Å². The highest BCUT2D eigenvalue weighted by atomic mass is 16.2. The summed E-state index contributed by atoms with van der Waals surface area (Å²) in [5.41, 5.74) is -4.28. The summed E-state index contributed by atoms with van der Waals surface area (Å²) in [6.45, 7) is -8.25. The average molecular weight is 501 g/mol. The van der Waals surface area contributed by atoms with Crippen LogP contribution in [0.1, 0.15) is 130 Å². The Morgan fingerprint density at radius 1 is 1.28 bits per heavy atom. The lowest BCUT2D eigenvalue weighted by Crippen LogP contribution is -2.59. The molecule has 192 valence electrons. The molecular formula is C29H40N6O. The van der Waals surface area contributed by atoms with Crippen LogP contribution >= 0.6 is 0 Å². The van der Waals surface area contributed by atoms with Crippen molar-refractivity contribution >= 4 is 17.2 Å². The number of anilines is 1. The molecule has 2 aromatic heterocycles. The predicted octanol–water partition coefficient (Wildman–Crippen LogP) is 6.28. The van der Waals surface area contributed by atoms with E-state index in [1.807, 2.05) is 12.1 Å². The van der Waals surface area contributed by atoms with E-state index in [1.54, 1.807) is 0 Å². The van der Waals surface area contributed by atoms with Crippen molar-refractivity contribution in [3.8, 4) is 6.07 Å². The molecule has 0 unspecified atom stereocenters. The number of nitrogens with zero attached hydrogens (tertiary/aromatic N) is 4. The van der Waals surface area contributed by atoms with Gasteiger partial charge < -0.3 is 10.3 Å². The number of nitriles is 1. The van der Waals surface area contributed by atoms with Gasteiger partial charge in [-0.3, -0.25) is 14.7 Å². The van der Waals surface area contributed by atoms with Crippen LogP contribution in [0, 0.1) is 16.7 Å². The second-order valence-corrected chi connectivity index (χ2v) is 10.5. The number of carbonyl (C=O) groups excluding carboxylic acids is 1. The summed E-state index contributed by atoms with van der Waals surface area (Å²) >= 11 is 0. The largest absolute Gasteiger partial charge is 0.326 e. The van der Waals surface area contributed by atoms with E-state index in [2.05, 4.69) is 29.1 Å². The second-order valence-electron chi connectivity index (χ2n) is 10.5. The molecule has 0 saturated carbocycles. The number of aromatic nitrogens is 3. The van der Waals surface area contributed by atoms with Gasteiger partial charge in [0.1, 0.15) is 11.8 Å². The van der Waals surface area contributed by atoms with Crippen LogP contribution in [0.5, 0.6) is 0 Å². The van der Waals surface area contributed by atoms with Gasteiger partial charge in [-0.05, 0) is 89.2 Å². The first-order valence-corrected chi connectivity index (χ1v) is 12.1. The molecule has 1 saturated heterocycles. The summed E-state index contributed by atoms with van der Waals surface area (Å²) in [6.07, 6.45) is 3.89. The van der Waals surface area contributed by atoms with Crippen molar-refractivity contribution in [2.75, 3.05) is 11.9 Å². The Kier molecular flexibility index (Phi) is 3.86. The Morgan fingerprint density at radius 3 is 2.56 bits per heavy atom. The average Bonchev–Trinajstić information content (AvgIpc) is 3.44. The van der Waals surface area contributed by atoms with Crippen molar-refractivity contribution in [2.24, 2.45) is 5.41 Å². The van der Waals surface area contributed by atoms with Gasteiger partial charge in [-0.15, -0.1) is 0 Å². The van der Waals surface area contributed by atoms with Gasteiger partial charge in [-0.1, -0.05) is 26.8 Å². The van der Waals surface area contributed by atoms with E-state index in [1.165, 1.54) is 25.3 Å². The fourth-order valence-corrected chi connectivity index (χ4v) is 5.09. The van der Waals surface area contributed by atoms with E-state index < -0.39 is 69.7 Å². The van der Waals surface area contributed by atoms with Crippen LogP contribution in [0.15, 0.2) is 24.4 Å². The Hall–Kier alpha value is -2.98. The number of aromatic amines is 1. The van der Waals surface area contributed by atoms with E-state index in [0.29, 0.717) is 23.4 Å². The summed E-state index contributed by atoms with van der Waals surface area (Å²) in [6, 6.07) is 4.78. The summed E-state index contributed by atoms with van der Waals surface area (Å²) in [5.74, 6) is -2.04. The Balaban J connectivity index is 1.96. The van der Waals surface area contributed by atoms with Crippen molar-refractivity contribution in [2.45, 2.75) is 97.3 Å². The molecule has 2 N–H and O–H groups in total. The van der Waals surface area contributed by atoms with Gasteiger partial charge in [0.2, 0.25) is 0 Å². The molecule has 0 spiro atoms. The first kappa shape index (κ1) is 14.7. The molecule has 1 fully saturated rings. The van der Waals surface area contributed by atoms with E-state index >= 15 is 0 Å². The first-order valence-electron chi connectivity index (χ1n) is 18.1. The first-order chi connectivity index (χ1) is 21.8.